The average molecular weight is 312 g/mol. The predicted molar refractivity (Wildman–Crippen MR) is 75.0 cm³/mol. The Balaban J connectivity index is 2.28. The molecule has 0 unspecified atom stereocenters. The molecule has 0 saturated carbocycles. The lowest BCUT2D eigenvalue weighted by Gasteiger charge is -2.07. The molecule has 0 spiro atoms. The standard InChI is InChI=1S/C12H12N2O4S2/c1-20(17,18)10-4-2-9(3-5-10)14-7-6-13-12(14)19-8-11(15)16/h2-7H,8H2,1H3,(H,15,16). The molecule has 106 valence electrons. The number of carboxylic acid groups (broad SMARTS) is 1. The molecule has 1 N–H and O–H groups in total. The van der Waals surface area contributed by atoms with Gasteiger partial charge in [-0.25, -0.2) is 13.4 Å². The Labute approximate surface area is 120 Å². The van der Waals surface area contributed by atoms with Crippen LogP contribution in [0.25, 0.3) is 5.69 Å². The van der Waals surface area contributed by atoms with Crippen molar-refractivity contribution in [2.24, 2.45) is 0 Å². The van der Waals surface area contributed by atoms with Crippen LogP contribution in [0.5, 0.6) is 0 Å². The maximum absolute atomic E-state index is 11.4. The molecule has 2 rings (SSSR count). The van der Waals surface area contributed by atoms with Crippen LogP contribution in [0.4, 0.5) is 0 Å². The summed E-state index contributed by atoms with van der Waals surface area (Å²) >= 11 is 1.10. The number of thioether (sulfide) groups is 1. The summed E-state index contributed by atoms with van der Waals surface area (Å²) in [5.74, 6) is -1.00. The van der Waals surface area contributed by atoms with Crippen LogP contribution in [0.15, 0.2) is 46.7 Å². The van der Waals surface area contributed by atoms with Crippen molar-refractivity contribution >= 4 is 27.6 Å². The number of nitrogens with zero attached hydrogens (tertiary/aromatic N) is 2. The third kappa shape index (κ3) is 3.40. The summed E-state index contributed by atoms with van der Waals surface area (Å²) in [4.78, 5) is 14.9. The van der Waals surface area contributed by atoms with Crippen molar-refractivity contribution in [3.63, 3.8) is 0 Å². The van der Waals surface area contributed by atoms with E-state index in [0.29, 0.717) is 5.16 Å². The van der Waals surface area contributed by atoms with Crippen molar-refractivity contribution < 1.29 is 18.3 Å². The summed E-state index contributed by atoms with van der Waals surface area (Å²) in [6.45, 7) is 0. The van der Waals surface area contributed by atoms with Gasteiger partial charge in [-0.15, -0.1) is 0 Å². The van der Waals surface area contributed by atoms with E-state index in [9.17, 15) is 13.2 Å². The van der Waals surface area contributed by atoms with Crippen LogP contribution in [-0.4, -0.2) is 41.1 Å². The largest absolute Gasteiger partial charge is 0.481 e. The van der Waals surface area contributed by atoms with Crippen molar-refractivity contribution in [1.29, 1.82) is 0 Å². The highest BCUT2D eigenvalue weighted by Crippen LogP contribution is 2.21. The van der Waals surface area contributed by atoms with Gasteiger partial charge in [0.2, 0.25) is 0 Å². The number of carboxylic acids is 1. The quantitative estimate of drug-likeness (QED) is 0.841. The first-order valence-corrected chi connectivity index (χ1v) is 8.44. The zero-order valence-corrected chi connectivity index (χ0v) is 12.2. The molecule has 6 nitrogen and oxygen atoms in total. The summed E-state index contributed by atoms with van der Waals surface area (Å²) < 4.78 is 24.5. The maximum atomic E-state index is 11.4. The van der Waals surface area contributed by atoms with E-state index in [2.05, 4.69) is 4.98 Å². The van der Waals surface area contributed by atoms with Gasteiger partial charge in [0.25, 0.3) is 0 Å². The molecule has 8 heteroatoms. The molecule has 20 heavy (non-hydrogen) atoms. The molecule has 1 heterocycles. The van der Waals surface area contributed by atoms with Gasteiger partial charge in [-0.1, -0.05) is 11.8 Å². The first-order chi connectivity index (χ1) is 9.38. The van der Waals surface area contributed by atoms with Gasteiger partial charge >= 0.3 is 5.97 Å². The fourth-order valence-corrected chi connectivity index (χ4v) is 2.90. The second kappa shape index (κ2) is 5.68. The van der Waals surface area contributed by atoms with E-state index < -0.39 is 15.8 Å². The van der Waals surface area contributed by atoms with Gasteiger partial charge in [-0.2, -0.15) is 0 Å². The number of aromatic nitrogens is 2. The molecular weight excluding hydrogens is 300 g/mol. The molecule has 0 atom stereocenters. The fraction of sp³-hybridized carbons (Fsp3) is 0.167. The van der Waals surface area contributed by atoms with E-state index in [-0.39, 0.29) is 10.6 Å². The highest BCUT2D eigenvalue weighted by atomic mass is 32.2. The number of carbonyl (C=O) groups is 1. The van der Waals surface area contributed by atoms with Crippen LogP contribution >= 0.6 is 11.8 Å². The molecule has 0 aliphatic rings. The Morgan fingerprint density at radius 2 is 2.00 bits per heavy atom. The smallest absolute Gasteiger partial charge is 0.313 e. The van der Waals surface area contributed by atoms with Gasteiger partial charge in [-0.05, 0) is 24.3 Å². The number of hydrogen-bond acceptors (Lipinski definition) is 5. The highest BCUT2D eigenvalue weighted by Gasteiger charge is 2.10. The lowest BCUT2D eigenvalue weighted by atomic mass is 10.3. The zero-order chi connectivity index (χ0) is 14.8. The Bertz CT molecular complexity index is 720. The van der Waals surface area contributed by atoms with Gasteiger partial charge in [-0.3, -0.25) is 9.36 Å². The molecule has 0 saturated heterocycles. The van der Waals surface area contributed by atoms with Gasteiger partial charge < -0.3 is 5.11 Å². The van der Waals surface area contributed by atoms with E-state index in [1.807, 2.05) is 0 Å². The van der Waals surface area contributed by atoms with Crippen molar-refractivity contribution in [2.45, 2.75) is 10.1 Å². The number of rotatable bonds is 5. The Kier molecular flexibility index (Phi) is 4.15. The molecule has 0 aliphatic carbocycles. The fourth-order valence-electron chi connectivity index (χ4n) is 1.57. The number of benzene rings is 1. The van der Waals surface area contributed by atoms with Gasteiger partial charge in [0, 0.05) is 24.3 Å². The Morgan fingerprint density at radius 3 is 2.55 bits per heavy atom. The SMILES string of the molecule is CS(=O)(=O)c1ccc(-n2ccnc2SCC(=O)O)cc1. The summed E-state index contributed by atoms with van der Waals surface area (Å²) in [5.41, 5.74) is 0.725. The molecule has 0 radical (unpaired) electrons. The normalized spacial score (nSPS) is 11.4. The predicted octanol–water partition coefficient (Wildman–Crippen LogP) is 1.45. The molecule has 1 aromatic carbocycles. The Hall–Kier alpha value is -1.80. The van der Waals surface area contributed by atoms with E-state index >= 15 is 0 Å². The van der Waals surface area contributed by atoms with Crippen molar-refractivity contribution in [2.75, 3.05) is 12.0 Å². The molecule has 0 aliphatic heterocycles. The van der Waals surface area contributed by atoms with E-state index in [1.54, 1.807) is 29.1 Å². The topological polar surface area (TPSA) is 89.3 Å². The molecule has 0 bridgehead atoms. The molecule has 2 aromatic rings. The van der Waals surface area contributed by atoms with Gasteiger partial charge in [0.1, 0.15) is 0 Å². The average Bonchev–Trinajstić information content (AvgIpc) is 2.83. The highest BCUT2D eigenvalue weighted by molar-refractivity contribution is 7.99. The first-order valence-electron chi connectivity index (χ1n) is 5.56. The van der Waals surface area contributed by atoms with E-state index in [4.69, 9.17) is 5.11 Å². The van der Waals surface area contributed by atoms with Crippen molar-refractivity contribution in [3.05, 3.63) is 36.7 Å². The summed E-state index contributed by atoms with van der Waals surface area (Å²) in [5, 5.41) is 9.22. The molecule has 1 aromatic heterocycles. The first kappa shape index (κ1) is 14.6. The maximum Gasteiger partial charge on any atom is 0.313 e. The van der Waals surface area contributed by atoms with E-state index in [1.165, 1.54) is 12.1 Å². The Morgan fingerprint density at radius 1 is 1.35 bits per heavy atom. The van der Waals surface area contributed by atoms with Gasteiger partial charge in [0.05, 0.1) is 10.6 Å². The zero-order valence-electron chi connectivity index (χ0n) is 10.6. The number of aliphatic carboxylic acids is 1. The van der Waals surface area contributed by atoms with Crippen LogP contribution < -0.4 is 0 Å². The number of imidazole rings is 1. The summed E-state index contributed by atoms with van der Waals surface area (Å²) in [7, 11) is -3.23. The van der Waals surface area contributed by atoms with Crippen LogP contribution in [0.1, 0.15) is 0 Å². The summed E-state index contributed by atoms with van der Waals surface area (Å²) in [6.07, 6.45) is 4.40. The number of sulfone groups is 1. The lowest BCUT2D eigenvalue weighted by Crippen LogP contribution is -2.02. The number of hydrogen-bond donors (Lipinski definition) is 1. The molecular formula is C12H12N2O4S2. The molecule has 0 amide bonds. The molecule has 0 fully saturated rings. The van der Waals surface area contributed by atoms with Crippen LogP contribution in [0, 0.1) is 0 Å². The monoisotopic (exact) mass is 312 g/mol. The summed E-state index contributed by atoms with van der Waals surface area (Å²) in [6, 6.07) is 6.33. The third-order valence-corrected chi connectivity index (χ3v) is 4.55. The second-order valence-corrected chi connectivity index (χ2v) is 6.99. The minimum Gasteiger partial charge on any atom is -0.481 e. The van der Waals surface area contributed by atoms with Crippen LogP contribution in [0.2, 0.25) is 0 Å². The van der Waals surface area contributed by atoms with Crippen molar-refractivity contribution in [1.82, 2.24) is 9.55 Å². The van der Waals surface area contributed by atoms with Crippen LogP contribution in [0.3, 0.4) is 0 Å². The lowest BCUT2D eigenvalue weighted by molar-refractivity contribution is -0.133. The van der Waals surface area contributed by atoms with Gasteiger partial charge in [0.15, 0.2) is 15.0 Å². The van der Waals surface area contributed by atoms with Crippen molar-refractivity contribution in [3.8, 4) is 5.69 Å². The second-order valence-electron chi connectivity index (χ2n) is 4.03. The minimum absolute atomic E-state index is 0.0849. The van der Waals surface area contributed by atoms with Crippen LogP contribution in [-0.2, 0) is 14.6 Å². The minimum atomic E-state index is -3.23. The van der Waals surface area contributed by atoms with E-state index in [0.717, 1.165) is 23.7 Å². The third-order valence-electron chi connectivity index (χ3n) is 2.47.